The molecule has 0 amide bonds. The number of hydrogen-bond acceptors (Lipinski definition) is 5. The van der Waals surface area contributed by atoms with Crippen molar-refractivity contribution in [3.05, 3.63) is 101 Å². The number of halogens is 1. The normalized spacial score (nSPS) is 18.7. The molecule has 3 aromatic rings. The van der Waals surface area contributed by atoms with Crippen molar-refractivity contribution in [3.63, 3.8) is 0 Å². The Morgan fingerprint density at radius 3 is 2.27 bits per heavy atom. The van der Waals surface area contributed by atoms with Crippen LogP contribution in [0.15, 0.2) is 88.8 Å². The second-order valence-electron chi connectivity index (χ2n) is 7.65. The van der Waals surface area contributed by atoms with E-state index < -0.39 is 27.5 Å². The van der Waals surface area contributed by atoms with E-state index in [1.165, 1.54) is 36.4 Å². The van der Waals surface area contributed by atoms with Crippen LogP contribution >= 0.6 is 0 Å². The van der Waals surface area contributed by atoms with E-state index in [1.807, 2.05) is 6.92 Å². The fourth-order valence-electron chi connectivity index (χ4n) is 3.81. The van der Waals surface area contributed by atoms with Gasteiger partial charge in [-0.1, -0.05) is 60.2 Å². The Labute approximate surface area is 192 Å². The third-order valence-electron chi connectivity index (χ3n) is 5.47. The van der Waals surface area contributed by atoms with Crippen LogP contribution in [0.2, 0.25) is 0 Å². The van der Waals surface area contributed by atoms with E-state index in [0.717, 1.165) is 9.87 Å². The van der Waals surface area contributed by atoms with Gasteiger partial charge >= 0.3 is 5.97 Å². The van der Waals surface area contributed by atoms with Gasteiger partial charge in [-0.05, 0) is 43.7 Å². The van der Waals surface area contributed by atoms with Crippen LogP contribution in [0, 0.1) is 12.7 Å². The molecule has 0 spiro atoms. The summed E-state index contributed by atoms with van der Waals surface area (Å²) in [4.78, 5) is 18.1. The van der Waals surface area contributed by atoms with Crippen LogP contribution in [0.4, 0.5) is 4.39 Å². The lowest BCUT2D eigenvalue weighted by Gasteiger charge is -2.33. The number of nitrogens with zero attached hydrogens (tertiary/aromatic N) is 2. The number of carbonyl (C=O) groups excluding carboxylic acids is 1. The molecule has 0 radical (unpaired) electrons. The maximum absolute atomic E-state index is 13.9. The molecule has 33 heavy (non-hydrogen) atoms. The number of benzene rings is 3. The van der Waals surface area contributed by atoms with Crippen molar-refractivity contribution >= 4 is 21.7 Å². The molecule has 8 heteroatoms. The minimum Gasteiger partial charge on any atom is -0.463 e. The van der Waals surface area contributed by atoms with Crippen LogP contribution in [0.3, 0.4) is 0 Å². The lowest BCUT2D eigenvalue weighted by Crippen LogP contribution is -2.51. The van der Waals surface area contributed by atoms with E-state index in [-0.39, 0.29) is 18.0 Å². The number of esters is 1. The number of rotatable bonds is 6. The third kappa shape index (κ3) is 4.07. The van der Waals surface area contributed by atoms with Crippen LogP contribution in [0.25, 0.3) is 0 Å². The van der Waals surface area contributed by atoms with E-state index in [0.29, 0.717) is 16.8 Å². The predicted octanol–water partition coefficient (Wildman–Crippen LogP) is 4.04. The average molecular weight is 467 g/mol. The molecular formula is C25H23FN2O4S. The van der Waals surface area contributed by atoms with Crippen molar-refractivity contribution in [3.8, 4) is 0 Å². The van der Waals surface area contributed by atoms with Crippen LogP contribution in [-0.4, -0.2) is 37.6 Å². The topological polar surface area (TPSA) is 76.0 Å². The Morgan fingerprint density at radius 2 is 1.67 bits per heavy atom. The van der Waals surface area contributed by atoms with Gasteiger partial charge in [-0.15, -0.1) is 0 Å². The maximum atomic E-state index is 13.9. The minimum absolute atomic E-state index is 0.0354. The molecule has 0 aliphatic carbocycles. The highest BCUT2D eigenvalue weighted by atomic mass is 32.2. The lowest BCUT2D eigenvalue weighted by atomic mass is 10.0. The molecule has 1 aliphatic rings. The summed E-state index contributed by atoms with van der Waals surface area (Å²) in [6, 6.07) is 20.4. The van der Waals surface area contributed by atoms with Crippen molar-refractivity contribution in [1.29, 1.82) is 0 Å². The Hall–Kier alpha value is -3.36. The quantitative estimate of drug-likeness (QED) is 0.514. The largest absolute Gasteiger partial charge is 0.463 e. The summed E-state index contributed by atoms with van der Waals surface area (Å²) in [5.74, 6) is -1.23. The lowest BCUT2D eigenvalue weighted by molar-refractivity contribution is -0.154. The molecule has 0 fully saturated rings. The third-order valence-corrected chi connectivity index (χ3v) is 7.32. The molecule has 4 rings (SSSR count). The van der Waals surface area contributed by atoms with Gasteiger partial charge in [0.05, 0.1) is 23.8 Å². The zero-order valence-electron chi connectivity index (χ0n) is 18.2. The zero-order valence-corrected chi connectivity index (χ0v) is 19.0. The molecule has 0 saturated carbocycles. The molecule has 1 aliphatic heterocycles. The van der Waals surface area contributed by atoms with Gasteiger partial charge in [-0.3, -0.25) is 0 Å². The van der Waals surface area contributed by atoms with Crippen molar-refractivity contribution in [2.45, 2.75) is 24.4 Å². The number of aliphatic imine (C=N–C) groups is 1. The molecule has 1 heterocycles. The summed E-state index contributed by atoms with van der Waals surface area (Å²) < 4.78 is 47.7. The standard InChI is InChI=1S/C25H23FN2O4S/c1-3-32-24(29)25(20-7-5-4-6-8-20)27-23(19-11-13-21(26)14-12-19)17-28(25)33(30,31)22-15-9-18(2)10-16-22/h4-16H,3,17H2,1-2H3. The van der Waals surface area contributed by atoms with Crippen LogP contribution in [-0.2, 0) is 25.2 Å². The zero-order chi connectivity index (χ0) is 23.6. The van der Waals surface area contributed by atoms with Gasteiger partial charge in [0, 0.05) is 5.56 Å². The summed E-state index contributed by atoms with van der Waals surface area (Å²) in [5.41, 5.74) is 0.157. The Balaban J connectivity index is 1.96. The summed E-state index contributed by atoms with van der Waals surface area (Å²) in [7, 11) is -4.18. The Bertz CT molecular complexity index is 1290. The fourth-order valence-corrected chi connectivity index (χ4v) is 5.40. The van der Waals surface area contributed by atoms with Crippen LogP contribution in [0.1, 0.15) is 23.6 Å². The second kappa shape index (κ2) is 8.88. The average Bonchev–Trinajstić information content (AvgIpc) is 3.23. The summed E-state index contributed by atoms with van der Waals surface area (Å²) in [6.45, 7) is 3.37. The number of sulfonamides is 1. The molecule has 170 valence electrons. The van der Waals surface area contributed by atoms with E-state index in [1.54, 1.807) is 49.4 Å². The molecule has 0 bridgehead atoms. The minimum atomic E-state index is -4.18. The second-order valence-corrected chi connectivity index (χ2v) is 9.51. The van der Waals surface area contributed by atoms with Gasteiger partial charge in [0.25, 0.3) is 5.66 Å². The monoisotopic (exact) mass is 466 g/mol. The van der Waals surface area contributed by atoms with Gasteiger partial charge in [0.15, 0.2) is 0 Å². The Morgan fingerprint density at radius 1 is 1.03 bits per heavy atom. The first-order valence-electron chi connectivity index (χ1n) is 10.5. The number of ether oxygens (including phenoxy) is 1. The fraction of sp³-hybridized carbons (Fsp3) is 0.200. The van der Waals surface area contributed by atoms with Crippen LogP contribution < -0.4 is 0 Å². The Kier molecular flexibility index (Phi) is 6.14. The first-order chi connectivity index (χ1) is 15.8. The number of carbonyl (C=O) groups is 1. The van der Waals surface area contributed by atoms with Gasteiger partial charge in [0.2, 0.25) is 10.0 Å². The SMILES string of the molecule is CCOC(=O)C1(c2ccccc2)N=C(c2ccc(F)cc2)CN1S(=O)(=O)c1ccc(C)cc1. The molecule has 0 aromatic heterocycles. The highest BCUT2D eigenvalue weighted by Crippen LogP contribution is 2.41. The van der Waals surface area contributed by atoms with Crippen molar-refractivity contribution in [2.24, 2.45) is 4.99 Å². The molecule has 1 unspecified atom stereocenters. The van der Waals surface area contributed by atoms with Gasteiger partial charge in [-0.25, -0.2) is 22.6 Å². The summed E-state index contributed by atoms with van der Waals surface area (Å²) >= 11 is 0. The van der Waals surface area contributed by atoms with Gasteiger partial charge in [-0.2, -0.15) is 4.31 Å². The maximum Gasteiger partial charge on any atom is 0.355 e. The predicted molar refractivity (Wildman–Crippen MR) is 123 cm³/mol. The number of hydrogen-bond donors (Lipinski definition) is 0. The van der Waals surface area contributed by atoms with E-state index >= 15 is 0 Å². The number of aryl methyl sites for hydroxylation is 1. The molecule has 6 nitrogen and oxygen atoms in total. The van der Waals surface area contributed by atoms with E-state index in [4.69, 9.17) is 4.74 Å². The molecule has 3 aromatic carbocycles. The smallest absolute Gasteiger partial charge is 0.355 e. The molecule has 0 N–H and O–H groups in total. The summed E-state index contributed by atoms with van der Waals surface area (Å²) in [6.07, 6.45) is 0. The highest BCUT2D eigenvalue weighted by molar-refractivity contribution is 7.89. The first kappa shape index (κ1) is 22.8. The van der Waals surface area contributed by atoms with Gasteiger partial charge < -0.3 is 4.74 Å². The molecular weight excluding hydrogens is 443 g/mol. The molecule has 1 atom stereocenters. The van der Waals surface area contributed by atoms with E-state index in [9.17, 15) is 17.6 Å². The van der Waals surface area contributed by atoms with E-state index in [2.05, 4.69) is 4.99 Å². The van der Waals surface area contributed by atoms with Crippen LogP contribution in [0.5, 0.6) is 0 Å². The highest BCUT2D eigenvalue weighted by Gasteiger charge is 2.56. The van der Waals surface area contributed by atoms with Crippen molar-refractivity contribution < 1.29 is 22.3 Å². The van der Waals surface area contributed by atoms with Crippen molar-refractivity contribution in [1.82, 2.24) is 4.31 Å². The summed E-state index contributed by atoms with van der Waals surface area (Å²) in [5, 5.41) is 0. The van der Waals surface area contributed by atoms with Crippen molar-refractivity contribution in [2.75, 3.05) is 13.2 Å². The van der Waals surface area contributed by atoms with Gasteiger partial charge in [0.1, 0.15) is 5.82 Å². The molecule has 0 saturated heterocycles. The first-order valence-corrected chi connectivity index (χ1v) is 11.9.